The summed E-state index contributed by atoms with van der Waals surface area (Å²) in [6.45, 7) is 14.1. The average molecular weight is 1140 g/mol. The van der Waals surface area contributed by atoms with Gasteiger partial charge in [0.1, 0.15) is 48.5 Å². The van der Waals surface area contributed by atoms with E-state index in [1.54, 1.807) is 24.9 Å². The number of nitrogens with zero attached hydrogens (tertiary/aromatic N) is 6. The summed E-state index contributed by atoms with van der Waals surface area (Å²) in [5, 5.41) is 48.8. The number of carbonyl (C=O) groups is 2. The number of fused-ring (bicyclic) bond motifs is 2. The van der Waals surface area contributed by atoms with Crippen molar-refractivity contribution in [3.63, 3.8) is 0 Å². The summed E-state index contributed by atoms with van der Waals surface area (Å²) in [5.74, 6) is -1.11. The van der Waals surface area contributed by atoms with Crippen LogP contribution < -0.4 is 16.0 Å². The first-order chi connectivity index (χ1) is 35.6. The van der Waals surface area contributed by atoms with Crippen molar-refractivity contribution in [2.45, 2.75) is 120 Å². The Morgan fingerprint density at radius 2 is 1.29 bits per heavy atom. The summed E-state index contributed by atoms with van der Waals surface area (Å²) < 4.78 is 70.4. The smallest absolute Gasteiger partial charge is 0.390 e. The lowest BCUT2D eigenvalue weighted by Gasteiger charge is -2.34. The van der Waals surface area contributed by atoms with Gasteiger partial charge in [-0.3, -0.25) is 27.7 Å². The number of amides is 2. The van der Waals surface area contributed by atoms with Crippen LogP contribution in [0.2, 0.25) is 0 Å². The largest absolute Gasteiger partial charge is 0.469 e. The van der Waals surface area contributed by atoms with E-state index in [9.17, 15) is 43.7 Å². The SMILES string of the molecule is C=C1NC(=O)C=CN1C1CC(COP(=O)(O)O)[C@@H](O)C1O.C=C1NC(=O)C=CN1C1CC(COP(=O)(O)O)[C@H]2OC(C)(C)OC12.CCCCOCCCNc1ncnc2c1ncn2[C@@H]1OC(COP(=O)(O)O)[C@@H](O)[C@H]1O. The van der Waals surface area contributed by atoms with E-state index in [0.717, 1.165) is 25.9 Å². The normalized spacial score (nSPS) is 30.2. The molecule has 13 N–H and O–H groups in total. The van der Waals surface area contributed by atoms with Crippen LogP contribution in [-0.2, 0) is 55.8 Å². The number of phosphoric acid groups is 3. The number of hydrogen-bond donors (Lipinski definition) is 13. The van der Waals surface area contributed by atoms with Gasteiger partial charge in [0.15, 0.2) is 29.0 Å². The molecule has 4 fully saturated rings. The van der Waals surface area contributed by atoms with Gasteiger partial charge in [-0.2, -0.15) is 0 Å². The molecule has 0 spiro atoms. The Morgan fingerprint density at radius 1 is 0.737 bits per heavy atom. The highest BCUT2D eigenvalue weighted by molar-refractivity contribution is 7.46. The summed E-state index contributed by atoms with van der Waals surface area (Å²) >= 11 is 0. The van der Waals surface area contributed by atoms with Crippen LogP contribution in [0, 0.1) is 11.8 Å². The lowest BCUT2D eigenvalue weighted by Crippen LogP contribution is -2.45. The van der Waals surface area contributed by atoms with E-state index in [2.05, 4.69) is 64.6 Å². The van der Waals surface area contributed by atoms with Crippen molar-refractivity contribution in [2.24, 2.45) is 11.8 Å². The Balaban J connectivity index is 0.000000189. The fraction of sp³-hybridized carbons (Fsp3) is 0.643. The Kier molecular flexibility index (Phi) is 20.7. The molecule has 6 aliphatic rings. The van der Waals surface area contributed by atoms with Crippen LogP contribution in [0.25, 0.3) is 11.2 Å². The minimum Gasteiger partial charge on any atom is -0.390 e. The molecule has 7 unspecified atom stereocenters. The molecule has 2 saturated heterocycles. The van der Waals surface area contributed by atoms with Gasteiger partial charge in [-0.15, -0.1) is 0 Å². The third-order valence-electron chi connectivity index (χ3n) is 12.7. The predicted molar refractivity (Wildman–Crippen MR) is 260 cm³/mol. The first-order valence-corrected chi connectivity index (χ1v) is 28.4. The fourth-order valence-corrected chi connectivity index (χ4v) is 10.3. The van der Waals surface area contributed by atoms with Gasteiger partial charge in [0.2, 0.25) is 0 Å². The zero-order chi connectivity index (χ0) is 55.9. The number of rotatable bonds is 20. The quantitative estimate of drug-likeness (QED) is 0.0571. The van der Waals surface area contributed by atoms with Gasteiger partial charge in [0, 0.05) is 56.1 Å². The number of hydrogen-bond acceptors (Lipinski definition) is 22. The van der Waals surface area contributed by atoms with Crippen molar-refractivity contribution in [3.05, 3.63) is 62.0 Å². The molecule has 2 aromatic rings. The van der Waals surface area contributed by atoms with Crippen molar-refractivity contribution in [2.75, 3.05) is 44.9 Å². The first-order valence-electron chi connectivity index (χ1n) is 23.8. The topological polar surface area (TPSA) is 438 Å². The highest BCUT2D eigenvalue weighted by atomic mass is 31.2. The number of aliphatic hydroxyl groups excluding tert-OH is 4. The average Bonchev–Trinajstić information content (AvgIpc) is 4.12. The predicted octanol–water partition coefficient (Wildman–Crippen LogP) is -0.783. The van der Waals surface area contributed by atoms with Gasteiger partial charge in [-0.25, -0.2) is 28.6 Å². The molecule has 8 rings (SSSR count). The maximum Gasteiger partial charge on any atom is 0.469 e. The standard InChI is InChI=1S/C17H28N5O8P.C14H21N2O7P.C11H17N2O7P/c1-2-3-6-28-7-4-5-18-15-12-16(20-9-19-15)22(10-21-12)17-14(24)13(23)11(30-17)8-29-31(25,26)27;1-8-15-11(17)4-5-16(8)10-6-9(7-21-24(18,19)20)12-13(10)23-14(2,3)22-12;1-6-12-9(14)2-3-13(6)8-4-7(10(15)11(8)16)5-20-21(17,18)19/h9-11,13-14,17,23-24H,2-8H2,1H3,(H,18,19,20)(H2,25,26,27);4-5,9-10,12-13H,1,6-7H2,2-3H3,(H,15,17)(H2,18,19,20);2-3,7-8,10-11,15-16H,1,4-5H2,(H,12,14)(H2,17,18,19)/t11?,13-,14-,17-;9?,10?,12-,13?;7?,8?,10-,11?/m111/s1. The van der Waals surface area contributed by atoms with E-state index in [4.69, 9.17) is 48.3 Å². The molecule has 2 saturated carbocycles. The second-order valence-electron chi connectivity index (χ2n) is 18.7. The maximum atomic E-state index is 11.4. The maximum absolute atomic E-state index is 11.4. The van der Waals surface area contributed by atoms with Crippen LogP contribution in [0.5, 0.6) is 0 Å². The number of carbonyl (C=O) groups excluding carboxylic acids is 2. The van der Waals surface area contributed by atoms with E-state index in [1.165, 1.54) is 40.5 Å². The van der Waals surface area contributed by atoms with Crippen LogP contribution in [0.3, 0.4) is 0 Å². The summed E-state index contributed by atoms with van der Waals surface area (Å²) in [6, 6.07) is -0.763. The zero-order valence-electron chi connectivity index (χ0n) is 41.5. The number of nitrogens with one attached hydrogen (secondary N) is 3. The Hall–Kier alpha value is -4.14. The van der Waals surface area contributed by atoms with Gasteiger partial charge in [0.05, 0.1) is 50.4 Å². The number of unbranched alkanes of at least 4 members (excludes halogenated alkanes) is 1. The molecule has 34 heteroatoms. The molecule has 426 valence electrons. The van der Waals surface area contributed by atoms with Crippen LogP contribution in [-0.4, -0.2) is 191 Å². The van der Waals surface area contributed by atoms with Gasteiger partial charge >= 0.3 is 23.5 Å². The van der Waals surface area contributed by atoms with Crippen LogP contribution in [0.4, 0.5) is 5.82 Å². The number of aliphatic hydroxyl groups is 4. The summed E-state index contributed by atoms with van der Waals surface area (Å²) in [7, 11) is -13.9. The van der Waals surface area contributed by atoms with Crippen LogP contribution in [0.1, 0.15) is 59.1 Å². The molecule has 31 nitrogen and oxygen atoms in total. The first kappa shape index (κ1) is 61.1. The molecule has 0 radical (unpaired) electrons. The monoisotopic (exact) mass is 1140 g/mol. The van der Waals surface area contributed by atoms with Crippen LogP contribution in [0.15, 0.2) is 62.0 Å². The Bertz CT molecular complexity index is 2580. The third kappa shape index (κ3) is 16.5. The molecule has 12 atom stereocenters. The molecular formula is C42H66N9O22P3. The summed E-state index contributed by atoms with van der Waals surface area (Å²) in [6.07, 6.45) is 4.05. The molecule has 2 amide bonds. The molecule has 6 heterocycles. The Labute approximate surface area is 435 Å². The number of aromatic nitrogens is 4. The highest BCUT2D eigenvalue weighted by Gasteiger charge is 2.56. The number of ether oxygens (including phenoxy) is 4. The zero-order valence-corrected chi connectivity index (χ0v) is 44.2. The van der Waals surface area contributed by atoms with E-state index in [1.807, 2.05) is 0 Å². The van der Waals surface area contributed by atoms with Gasteiger partial charge < -0.3 is 94.5 Å². The third-order valence-corrected chi connectivity index (χ3v) is 14.1. The number of anilines is 1. The number of phosphoric ester groups is 3. The van der Waals surface area contributed by atoms with Crippen molar-refractivity contribution >= 4 is 52.3 Å². The fourth-order valence-electron chi connectivity index (χ4n) is 9.18. The van der Waals surface area contributed by atoms with Crippen molar-refractivity contribution in [1.82, 2.24) is 40.0 Å². The van der Waals surface area contributed by atoms with Crippen molar-refractivity contribution in [3.8, 4) is 0 Å². The van der Waals surface area contributed by atoms with Crippen molar-refractivity contribution < 1.29 is 106 Å². The number of imidazole rings is 1. The Morgan fingerprint density at radius 3 is 1.88 bits per heavy atom. The van der Waals surface area contributed by atoms with Gasteiger partial charge in [0.25, 0.3) is 11.8 Å². The van der Waals surface area contributed by atoms with E-state index < -0.39 is 84.6 Å². The van der Waals surface area contributed by atoms with Gasteiger partial charge in [-0.1, -0.05) is 26.5 Å². The minimum absolute atomic E-state index is 0.141. The molecule has 0 aromatic carbocycles. The lowest BCUT2D eigenvalue weighted by atomic mass is 10.1. The van der Waals surface area contributed by atoms with Crippen molar-refractivity contribution in [1.29, 1.82) is 0 Å². The van der Waals surface area contributed by atoms with E-state index >= 15 is 0 Å². The molecular weight excluding hydrogens is 1080 g/mol. The van der Waals surface area contributed by atoms with E-state index in [0.29, 0.717) is 42.4 Å². The molecule has 0 bridgehead atoms. The molecule has 4 aliphatic heterocycles. The lowest BCUT2D eigenvalue weighted by molar-refractivity contribution is -0.162. The second kappa shape index (κ2) is 25.8. The highest BCUT2D eigenvalue weighted by Crippen LogP contribution is 2.47. The van der Waals surface area contributed by atoms with E-state index in [-0.39, 0.29) is 61.4 Å². The van der Waals surface area contributed by atoms with Gasteiger partial charge in [-0.05, 0) is 39.5 Å². The summed E-state index contributed by atoms with van der Waals surface area (Å²) in [4.78, 5) is 91.4. The molecule has 76 heavy (non-hydrogen) atoms. The second-order valence-corrected chi connectivity index (χ2v) is 22.4. The summed E-state index contributed by atoms with van der Waals surface area (Å²) in [5.41, 5.74) is 0.819. The minimum atomic E-state index is -4.74. The molecule has 2 aromatic heterocycles. The molecule has 2 aliphatic carbocycles. The van der Waals surface area contributed by atoms with Crippen LogP contribution >= 0.6 is 23.5 Å².